The van der Waals surface area contributed by atoms with E-state index in [0.717, 1.165) is 40.8 Å². The summed E-state index contributed by atoms with van der Waals surface area (Å²) in [6.07, 6.45) is 3.85. The van der Waals surface area contributed by atoms with Crippen molar-refractivity contribution in [1.82, 2.24) is 4.31 Å². The van der Waals surface area contributed by atoms with Gasteiger partial charge in [-0.3, -0.25) is 0 Å². The summed E-state index contributed by atoms with van der Waals surface area (Å²) in [5.41, 5.74) is 1.02. The van der Waals surface area contributed by atoms with E-state index in [4.69, 9.17) is 4.74 Å². The lowest BCUT2D eigenvalue weighted by molar-refractivity contribution is 0.329. The molecule has 1 fully saturated rings. The molecule has 130 valence electrons. The summed E-state index contributed by atoms with van der Waals surface area (Å²) in [6, 6.07) is 11.1. The zero-order valence-corrected chi connectivity index (χ0v) is 16.7. The molecule has 24 heavy (non-hydrogen) atoms. The van der Waals surface area contributed by atoms with Gasteiger partial charge < -0.3 is 4.74 Å². The first-order chi connectivity index (χ1) is 11.5. The van der Waals surface area contributed by atoms with Crippen molar-refractivity contribution in [2.45, 2.75) is 35.9 Å². The second kappa shape index (κ2) is 7.56. The Hall–Kier alpha value is -0.890. The first-order valence-corrected chi connectivity index (χ1v) is 11.0. The quantitative estimate of drug-likeness (QED) is 0.699. The lowest BCUT2D eigenvalue weighted by atomic mass is 10.0. The standard InChI is InChI=1S/C17H20BrNO3S2/c1-22-14-8-6-13(7-9-14)15-5-3-2-4-12-19(15)24(20,21)17-11-10-16(18)23-17/h6-11,15H,2-5,12H2,1H3/t15-/m1/s1. The smallest absolute Gasteiger partial charge is 0.253 e. The van der Waals surface area contributed by atoms with Crippen LogP contribution < -0.4 is 4.74 Å². The van der Waals surface area contributed by atoms with E-state index in [1.54, 1.807) is 23.5 Å². The molecule has 1 aromatic heterocycles. The molecule has 1 aromatic carbocycles. The maximum Gasteiger partial charge on any atom is 0.253 e. The van der Waals surface area contributed by atoms with Crippen molar-refractivity contribution in [1.29, 1.82) is 0 Å². The van der Waals surface area contributed by atoms with Gasteiger partial charge in [0.1, 0.15) is 9.96 Å². The highest BCUT2D eigenvalue weighted by molar-refractivity contribution is 9.11. The Morgan fingerprint density at radius 2 is 1.88 bits per heavy atom. The highest BCUT2D eigenvalue weighted by Crippen LogP contribution is 2.37. The van der Waals surface area contributed by atoms with Crippen molar-refractivity contribution >= 4 is 37.3 Å². The predicted molar refractivity (Wildman–Crippen MR) is 100 cm³/mol. The van der Waals surface area contributed by atoms with E-state index in [-0.39, 0.29) is 6.04 Å². The maximum absolute atomic E-state index is 13.2. The molecule has 0 unspecified atom stereocenters. The van der Waals surface area contributed by atoms with Gasteiger partial charge in [-0.2, -0.15) is 4.31 Å². The second-order valence-corrected chi connectivity index (χ2v) is 10.4. The molecule has 1 atom stereocenters. The van der Waals surface area contributed by atoms with Crippen LogP contribution in [-0.4, -0.2) is 26.4 Å². The molecule has 7 heteroatoms. The van der Waals surface area contributed by atoms with Gasteiger partial charge in [-0.15, -0.1) is 11.3 Å². The Labute approximate surface area is 155 Å². The van der Waals surface area contributed by atoms with E-state index in [9.17, 15) is 8.42 Å². The van der Waals surface area contributed by atoms with Crippen molar-refractivity contribution in [3.8, 4) is 5.75 Å². The van der Waals surface area contributed by atoms with Gasteiger partial charge in [-0.25, -0.2) is 8.42 Å². The van der Waals surface area contributed by atoms with Crippen molar-refractivity contribution in [2.75, 3.05) is 13.7 Å². The van der Waals surface area contributed by atoms with Gasteiger partial charge in [0.15, 0.2) is 0 Å². The van der Waals surface area contributed by atoms with Crippen LogP contribution in [0.2, 0.25) is 0 Å². The van der Waals surface area contributed by atoms with Gasteiger partial charge in [0.2, 0.25) is 0 Å². The monoisotopic (exact) mass is 429 g/mol. The topological polar surface area (TPSA) is 46.6 Å². The van der Waals surface area contributed by atoms with Crippen LogP contribution in [0.5, 0.6) is 5.75 Å². The van der Waals surface area contributed by atoms with Crippen LogP contribution in [0.25, 0.3) is 0 Å². The van der Waals surface area contributed by atoms with Crippen LogP contribution >= 0.6 is 27.3 Å². The summed E-state index contributed by atoms with van der Waals surface area (Å²) in [7, 11) is -1.86. The summed E-state index contributed by atoms with van der Waals surface area (Å²) < 4.78 is 34.4. The van der Waals surface area contributed by atoms with Crippen molar-refractivity contribution in [2.24, 2.45) is 0 Å². The van der Waals surface area contributed by atoms with E-state index in [2.05, 4.69) is 15.9 Å². The molecule has 1 aliphatic heterocycles. The Morgan fingerprint density at radius 1 is 1.12 bits per heavy atom. The predicted octanol–water partition coefficient (Wildman–Crippen LogP) is 4.83. The number of hydrogen-bond acceptors (Lipinski definition) is 4. The number of nitrogens with zero attached hydrogens (tertiary/aromatic N) is 1. The third-order valence-corrected chi connectivity index (χ3v) is 8.32. The van der Waals surface area contributed by atoms with E-state index in [0.29, 0.717) is 10.8 Å². The third kappa shape index (κ3) is 3.69. The molecular formula is C17H20BrNO3S2. The van der Waals surface area contributed by atoms with E-state index >= 15 is 0 Å². The molecule has 0 bridgehead atoms. The van der Waals surface area contributed by atoms with E-state index in [1.165, 1.54) is 11.3 Å². The average Bonchev–Trinajstić information content (AvgIpc) is 2.88. The molecule has 1 saturated heterocycles. The SMILES string of the molecule is COc1ccc([C@H]2CCCCCN2S(=O)(=O)c2ccc(Br)s2)cc1. The average molecular weight is 430 g/mol. The second-order valence-electron chi connectivity index (χ2n) is 5.81. The molecule has 2 aromatic rings. The van der Waals surface area contributed by atoms with Gasteiger partial charge in [0.25, 0.3) is 10.0 Å². The number of hydrogen-bond donors (Lipinski definition) is 0. The molecule has 0 spiro atoms. The minimum atomic E-state index is -3.49. The van der Waals surface area contributed by atoms with Crippen molar-refractivity contribution < 1.29 is 13.2 Å². The molecule has 4 nitrogen and oxygen atoms in total. The number of thiophene rings is 1. The first kappa shape index (κ1) is 17.9. The minimum absolute atomic E-state index is 0.121. The number of benzene rings is 1. The molecule has 0 radical (unpaired) electrons. The number of rotatable bonds is 4. The maximum atomic E-state index is 13.2. The fourth-order valence-electron chi connectivity index (χ4n) is 3.08. The molecule has 1 aliphatic rings. The van der Waals surface area contributed by atoms with Gasteiger partial charge in [-0.1, -0.05) is 25.0 Å². The fraction of sp³-hybridized carbons (Fsp3) is 0.412. The van der Waals surface area contributed by atoms with E-state index < -0.39 is 10.0 Å². The lowest BCUT2D eigenvalue weighted by Gasteiger charge is -2.29. The largest absolute Gasteiger partial charge is 0.497 e. The number of halogens is 1. The molecule has 0 amide bonds. The van der Waals surface area contributed by atoms with Gasteiger partial charge >= 0.3 is 0 Å². The van der Waals surface area contributed by atoms with Crippen LogP contribution in [0.3, 0.4) is 0 Å². The first-order valence-electron chi connectivity index (χ1n) is 7.93. The number of ether oxygens (including phenoxy) is 1. The molecule has 0 aliphatic carbocycles. The van der Waals surface area contributed by atoms with Crippen molar-refractivity contribution in [3.63, 3.8) is 0 Å². The van der Waals surface area contributed by atoms with Gasteiger partial charge in [0.05, 0.1) is 16.9 Å². The zero-order chi connectivity index (χ0) is 17.2. The number of methoxy groups -OCH3 is 1. The molecular weight excluding hydrogens is 410 g/mol. The highest BCUT2D eigenvalue weighted by atomic mass is 79.9. The van der Waals surface area contributed by atoms with Crippen LogP contribution in [-0.2, 0) is 10.0 Å². The Bertz CT molecular complexity index is 786. The van der Waals surface area contributed by atoms with E-state index in [1.807, 2.05) is 24.3 Å². The third-order valence-electron chi connectivity index (χ3n) is 4.32. The number of sulfonamides is 1. The van der Waals surface area contributed by atoms with Crippen LogP contribution in [0.15, 0.2) is 44.4 Å². The Kier molecular flexibility index (Phi) is 5.64. The molecule has 0 saturated carbocycles. The highest BCUT2D eigenvalue weighted by Gasteiger charge is 2.34. The lowest BCUT2D eigenvalue weighted by Crippen LogP contribution is -2.34. The van der Waals surface area contributed by atoms with Crippen LogP contribution in [0, 0.1) is 0 Å². The molecule has 3 rings (SSSR count). The Balaban J connectivity index is 1.98. The van der Waals surface area contributed by atoms with Gasteiger partial charge in [0, 0.05) is 6.54 Å². The summed E-state index contributed by atoms with van der Waals surface area (Å²) >= 11 is 4.63. The van der Waals surface area contributed by atoms with Crippen molar-refractivity contribution in [3.05, 3.63) is 45.7 Å². The van der Waals surface area contributed by atoms with Crippen LogP contribution in [0.4, 0.5) is 0 Å². The fourth-order valence-corrected chi connectivity index (χ4v) is 6.90. The van der Waals surface area contributed by atoms with Crippen LogP contribution in [0.1, 0.15) is 37.3 Å². The zero-order valence-electron chi connectivity index (χ0n) is 13.4. The summed E-state index contributed by atoms with van der Waals surface area (Å²) in [6.45, 7) is 0.564. The molecule has 2 heterocycles. The summed E-state index contributed by atoms with van der Waals surface area (Å²) in [5, 5.41) is 0. The van der Waals surface area contributed by atoms with Gasteiger partial charge in [-0.05, 0) is 58.6 Å². The minimum Gasteiger partial charge on any atom is -0.497 e. The normalized spacial score (nSPS) is 19.8. The summed E-state index contributed by atoms with van der Waals surface area (Å²) in [5.74, 6) is 0.781. The summed E-state index contributed by atoms with van der Waals surface area (Å²) in [4.78, 5) is 0. The molecule has 0 N–H and O–H groups in total. The Morgan fingerprint density at radius 3 is 2.50 bits per heavy atom.